The van der Waals surface area contributed by atoms with Crippen molar-refractivity contribution in [1.29, 1.82) is 0 Å². The number of amides is 1. The summed E-state index contributed by atoms with van der Waals surface area (Å²) in [6.07, 6.45) is -0.469. The molecule has 0 saturated carbocycles. The van der Waals surface area contributed by atoms with Crippen LogP contribution in [-0.2, 0) is 14.4 Å². The van der Waals surface area contributed by atoms with Gasteiger partial charge in [-0.15, -0.1) is 11.3 Å². The third-order valence-corrected chi connectivity index (χ3v) is 5.02. The zero-order valence-corrected chi connectivity index (χ0v) is 14.2. The first kappa shape index (κ1) is 18.7. The number of hydrogen-bond donors (Lipinski definition) is 3. The van der Waals surface area contributed by atoms with Crippen molar-refractivity contribution >= 4 is 58.5 Å². The molecule has 0 spiro atoms. The molecule has 0 aliphatic carbocycles. The molecule has 0 radical (unpaired) electrons. The van der Waals surface area contributed by atoms with E-state index in [0.717, 1.165) is 11.8 Å². The van der Waals surface area contributed by atoms with Crippen molar-refractivity contribution < 1.29 is 24.3 Å². The lowest BCUT2D eigenvalue weighted by Crippen LogP contribution is -2.43. The van der Waals surface area contributed by atoms with Crippen LogP contribution in [0.4, 0.5) is 0 Å². The average Bonchev–Trinajstić information content (AvgIpc) is 2.98. The molecule has 120 valence electrons. The number of carbonyl (C=O) groups is 4. The predicted octanol–water partition coefficient (Wildman–Crippen LogP) is 1.47. The number of Topliss-reactive ketones (excluding diaryl/α,β-unsaturated/α-hetero) is 1. The van der Waals surface area contributed by atoms with Crippen LogP contribution in [0.15, 0.2) is 17.5 Å². The summed E-state index contributed by atoms with van der Waals surface area (Å²) in [4.78, 5) is 46.7. The maximum Gasteiger partial charge on any atom is 0.327 e. The number of carboxylic acids is 1. The second-order valence-electron chi connectivity index (χ2n) is 4.31. The zero-order valence-electron chi connectivity index (χ0n) is 11.6. The molecule has 2 atom stereocenters. The van der Waals surface area contributed by atoms with Gasteiger partial charge in [-0.3, -0.25) is 14.4 Å². The van der Waals surface area contributed by atoms with Crippen molar-refractivity contribution in [3.05, 3.63) is 22.4 Å². The molecule has 9 heteroatoms. The lowest BCUT2D eigenvalue weighted by atomic mass is 10.2. The Kier molecular flexibility index (Phi) is 7.63. The molecule has 1 unspecified atom stereocenters. The Hall–Kier alpha value is -1.32. The number of aliphatic carboxylic acids is 1. The SMILES string of the molecule is C[C@H](SC(=O)c1cccs1)C(=O)CC(=O)NC(CS)C(=O)O. The van der Waals surface area contributed by atoms with Crippen LogP contribution in [0, 0.1) is 0 Å². The number of carboxylic acid groups (broad SMARTS) is 1. The highest BCUT2D eigenvalue weighted by Crippen LogP contribution is 2.22. The van der Waals surface area contributed by atoms with Crippen LogP contribution < -0.4 is 5.32 Å². The number of thiophene rings is 1. The molecule has 1 amide bonds. The van der Waals surface area contributed by atoms with E-state index in [9.17, 15) is 19.2 Å². The van der Waals surface area contributed by atoms with E-state index in [1.165, 1.54) is 11.3 Å². The minimum absolute atomic E-state index is 0.0730. The second kappa shape index (κ2) is 8.96. The highest BCUT2D eigenvalue weighted by atomic mass is 32.2. The van der Waals surface area contributed by atoms with E-state index < -0.39 is 35.4 Å². The Bertz CT molecular complexity index is 558. The van der Waals surface area contributed by atoms with Gasteiger partial charge in [-0.05, 0) is 18.4 Å². The maximum atomic E-state index is 11.9. The van der Waals surface area contributed by atoms with Gasteiger partial charge in [0.1, 0.15) is 6.04 Å². The van der Waals surface area contributed by atoms with Crippen LogP contribution in [0.25, 0.3) is 0 Å². The summed E-state index contributed by atoms with van der Waals surface area (Å²) >= 11 is 5.94. The van der Waals surface area contributed by atoms with E-state index in [0.29, 0.717) is 4.88 Å². The minimum atomic E-state index is -1.22. The van der Waals surface area contributed by atoms with Gasteiger partial charge in [0.15, 0.2) is 5.78 Å². The molecule has 1 heterocycles. The Morgan fingerprint density at radius 2 is 2.09 bits per heavy atom. The van der Waals surface area contributed by atoms with Gasteiger partial charge in [0.2, 0.25) is 11.0 Å². The summed E-state index contributed by atoms with van der Waals surface area (Å²) in [6.45, 7) is 1.54. The summed E-state index contributed by atoms with van der Waals surface area (Å²) < 4.78 is 0. The molecule has 22 heavy (non-hydrogen) atoms. The van der Waals surface area contributed by atoms with Crippen molar-refractivity contribution in [2.24, 2.45) is 0 Å². The number of carbonyl (C=O) groups excluding carboxylic acids is 3. The number of nitrogens with one attached hydrogen (secondary N) is 1. The molecule has 0 saturated heterocycles. The summed E-state index contributed by atoms with van der Waals surface area (Å²) in [7, 11) is 0. The van der Waals surface area contributed by atoms with Gasteiger partial charge in [0.25, 0.3) is 0 Å². The van der Waals surface area contributed by atoms with Crippen LogP contribution in [-0.4, -0.2) is 44.9 Å². The third kappa shape index (κ3) is 5.82. The van der Waals surface area contributed by atoms with Gasteiger partial charge in [-0.25, -0.2) is 4.79 Å². The molecule has 0 fully saturated rings. The fourth-order valence-electron chi connectivity index (χ4n) is 1.41. The molecule has 0 bridgehead atoms. The predicted molar refractivity (Wildman–Crippen MR) is 88.7 cm³/mol. The normalized spacial score (nSPS) is 13.2. The highest BCUT2D eigenvalue weighted by Gasteiger charge is 2.24. The smallest absolute Gasteiger partial charge is 0.327 e. The standard InChI is InChI=1S/C13H15NO5S3/c1-7(22-13(19)10-3-2-4-21-10)9(15)5-11(16)14-8(6-20)12(17)18/h2-4,7-8,20H,5-6H2,1H3,(H,14,16)(H,17,18)/t7-,8?/m0/s1. The molecule has 2 N–H and O–H groups in total. The van der Waals surface area contributed by atoms with E-state index in [4.69, 9.17) is 5.11 Å². The van der Waals surface area contributed by atoms with Crippen LogP contribution in [0.3, 0.4) is 0 Å². The molecule has 1 aromatic heterocycles. The van der Waals surface area contributed by atoms with E-state index in [-0.39, 0.29) is 10.9 Å². The fraction of sp³-hybridized carbons (Fsp3) is 0.385. The van der Waals surface area contributed by atoms with E-state index >= 15 is 0 Å². The summed E-state index contributed by atoms with van der Waals surface area (Å²) in [5.74, 6) is -2.42. The van der Waals surface area contributed by atoms with Crippen molar-refractivity contribution in [3.8, 4) is 0 Å². The molecular weight excluding hydrogens is 346 g/mol. The first-order valence-corrected chi connectivity index (χ1v) is 8.64. The molecule has 0 aromatic carbocycles. The van der Waals surface area contributed by atoms with E-state index in [1.807, 2.05) is 0 Å². The summed E-state index contributed by atoms with van der Waals surface area (Å²) in [5.41, 5.74) is 0. The number of rotatable bonds is 8. The maximum absolute atomic E-state index is 11.9. The number of thiol groups is 1. The largest absolute Gasteiger partial charge is 0.480 e. The number of ketones is 1. The second-order valence-corrected chi connectivity index (χ2v) is 6.94. The van der Waals surface area contributed by atoms with Gasteiger partial charge in [0, 0.05) is 5.75 Å². The quantitative estimate of drug-likeness (QED) is 0.479. The van der Waals surface area contributed by atoms with Crippen LogP contribution in [0.1, 0.15) is 23.0 Å². The third-order valence-electron chi connectivity index (χ3n) is 2.61. The van der Waals surface area contributed by atoms with E-state index in [2.05, 4.69) is 17.9 Å². The molecule has 0 aliphatic heterocycles. The van der Waals surface area contributed by atoms with Crippen molar-refractivity contribution in [2.45, 2.75) is 24.6 Å². The summed E-state index contributed by atoms with van der Waals surface area (Å²) in [5, 5.41) is 11.9. The highest BCUT2D eigenvalue weighted by molar-refractivity contribution is 8.15. The zero-order chi connectivity index (χ0) is 16.7. The van der Waals surface area contributed by atoms with Gasteiger partial charge in [0.05, 0.1) is 16.5 Å². The monoisotopic (exact) mass is 361 g/mol. The Morgan fingerprint density at radius 1 is 1.41 bits per heavy atom. The van der Waals surface area contributed by atoms with Crippen molar-refractivity contribution in [3.63, 3.8) is 0 Å². The first-order valence-electron chi connectivity index (χ1n) is 6.25. The molecule has 0 aliphatic rings. The number of thioether (sulfide) groups is 1. The van der Waals surface area contributed by atoms with Gasteiger partial charge < -0.3 is 10.4 Å². The topological polar surface area (TPSA) is 101 Å². The Labute approximate surface area is 141 Å². The Balaban J connectivity index is 2.48. The molecular formula is C13H15NO5S3. The lowest BCUT2D eigenvalue weighted by molar-refractivity contribution is -0.141. The van der Waals surface area contributed by atoms with Crippen LogP contribution >= 0.6 is 35.7 Å². The average molecular weight is 361 g/mol. The van der Waals surface area contributed by atoms with Crippen LogP contribution in [0.5, 0.6) is 0 Å². The molecule has 1 aromatic rings. The molecule has 6 nitrogen and oxygen atoms in total. The lowest BCUT2D eigenvalue weighted by Gasteiger charge is -2.13. The van der Waals surface area contributed by atoms with Crippen LogP contribution in [0.2, 0.25) is 0 Å². The van der Waals surface area contributed by atoms with Gasteiger partial charge in [-0.2, -0.15) is 12.6 Å². The minimum Gasteiger partial charge on any atom is -0.480 e. The van der Waals surface area contributed by atoms with Crippen molar-refractivity contribution in [2.75, 3.05) is 5.75 Å². The first-order chi connectivity index (χ1) is 10.3. The van der Waals surface area contributed by atoms with Crippen molar-refractivity contribution in [1.82, 2.24) is 5.32 Å². The van der Waals surface area contributed by atoms with Gasteiger partial charge >= 0.3 is 5.97 Å². The fourth-order valence-corrected chi connectivity index (χ4v) is 3.23. The summed E-state index contributed by atoms with van der Waals surface area (Å²) in [6, 6.07) is 2.26. The van der Waals surface area contributed by atoms with Gasteiger partial charge in [-0.1, -0.05) is 17.8 Å². The Morgan fingerprint density at radius 3 is 2.59 bits per heavy atom. The van der Waals surface area contributed by atoms with E-state index in [1.54, 1.807) is 24.4 Å². The molecule has 1 rings (SSSR count). The number of hydrogen-bond acceptors (Lipinski definition) is 7.